The Balaban J connectivity index is 1.71. The highest BCUT2D eigenvalue weighted by Crippen LogP contribution is 2.26. The molecular weight excluding hydrogens is 433 g/mol. The van der Waals surface area contributed by atoms with E-state index in [1.54, 1.807) is 0 Å². The van der Waals surface area contributed by atoms with Crippen LogP contribution in [0, 0.1) is 23.3 Å². The third kappa shape index (κ3) is 5.87. The number of nitrogens with two attached hydrogens (primary N) is 1. The van der Waals surface area contributed by atoms with E-state index in [2.05, 4.69) is 5.32 Å². The average molecular weight is 454 g/mol. The predicted molar refractivity (Wildman–Crippen MR) is 97.4 cm³/mol. The molecule has 2 rings (SSSR count). The molecule has 1 unspecified atom stereocenters. The van der Waals surface area contributed by atoms with Gasteiger partial charge < -0.3 is 16.0 Å². The molecule has 0 radical (unpaired) electrons. The monoisotopic (exact) mass is 454 g/mol. The third-order valence-electron chi connectivity index (χ3n) is 4.61. The van der Waals surface area contributed by atoms with Gasteiger partial charge in [0.1, 0.15) is 17.4 Å². The van der Waals surface area contributed by atoms with Crippen molar-refractivity contribution in [3.63, 3.8) is 0 Å². The number of nitrogens with one attached hydrogen (secondary N) is 1. The Hall–Kier alpha value is -2.30. The van der Waals surface area contributed by atoms with Crippen molar-refractivity contribution in [1.82, 2.24) is 10.2 Å². The minimum atomic E-state index is -2.72. The molecule has 166 valence electrons. The quantitative estimate of drug-likeness (QED) is 0.173. The van der Waals surface area contributed by atoms with Crippen LogP contribution in [-0.4, -0.2) is 47.3 Å². The predicted octanol–water partition coefficient (Wildman–Crippen LogP) is 2.38. The summed E-state index contributed by atoms with van der Waals surface area (Å²) >= 11 is 0. The van der Waals surface area contributed by atoms with Crippen molar-refractivity contribution in [1.29, 1.82) is 0 Å². The van der Waals surface area contributed by atoms with Crippen LogP contribution in [0.15, 0.2) is 0 Å². The zero-order valence-electron chi connectivity index (χ0n) is 15.8. The molecule has 1 saturated heterocycles. The number of halogens is 4. The highest BCUT2D eigenvalue weighted by atomic mass is 31.1. The molecular formula is C17H21F4N3O5P+. The fourth-order valence-corrected chi connectivity index (χ4v) is 3.47. The van der Waals surface area contributed by atoms with Crippen molar-refractivity contribution >= 4 is 25.8 Å². The molecule has 0 spiro atoms. The minimum absolute atomic E-state index is 0.0251. The van der Waals surface area contributed by atoms with Crippen LogP contribution in [0.3, 0.4) is 0 Å². The lowest BCUT2D eigenvalue weighted by Gasteiger charge is -2.15. The van der Waals surface area contributed by atoms with Crippen LogP contribution >= 0.6 is 8.25 Å². The van der Waals surface area contributed by atoms with E-state index in [1.807, 2.05) is 0 Å². The first-order chi connectivity index (χ1) is 14.1. The van der Waals surface area contributed by atoms with Gasteiger partial charge in [0, 0.05) is 24.1 Å². The number of benzene rings is 1. The molecule has 0 aromatic heterocycles. The average Bonchev–Trinajstić information content (AvgIpc) is 3.15. The van der Waals surface area contributed by atoms with Gasteiger partial charge in [-0.1, -0.05) is 6.42 Å². The Morgan fingerprint density at radius 1 is 1.13 bits per heavy atom. The number of rotatable bonds is 9. The summed E-state index contributed by atoms with van der Waals surface area (Å²) in [7, 11) is -2.72. The molecule has 0 aliphatic carbocycles. The molecule has 2 amide bonds. The van der Waals surface area contributed by atoms with Gasteiger partial charge in [0.15, 0.2) is 23.3 Å². The first-order valence-electron chi connectivity index (χ1n) is 9.13. The van der Waals surface area contributed by atoms with Crippen molar-refractivity contribution in [2.24, 2.45) is 0 Å². The number of likely N-dealkylation sites (tertiary alicyclic amines) is 1. The van der Waals surface area contributed by atoms with Gasteiger partial charge >= 0.3 is 8.25 Å². The maximum Gasteiger partial charge on any atom is 0.695 e. The van der Waals surface area contributed by atoms with Crippen LogP contribution in [0.1, 0.15) is 42.5 Å². The standard InChI is InChI=1S/C17H20F4N3O5P/c18-12-11(13(19)15(21)16(22)14(12)20)17(26)23-6-3-1-2-4-10(25)24-7-5-9(8-24)29-30(27)28/h9H,1-8H2,(H3-,22,23,26,27,28)/p+1/t9-/m1/s1. The molecule has 1 fully saturated rings. The Labute approximate surface area is 170 Å². The molecule has 13 heteroatoms. The summed E-state index contributed by atoms with van der Waals surface area (Å²) in [6.45, 7) is 0.639. The molecule has 30 heavy (non-hydrogen) atoms. The second kappa shape index (κ2) is 10.6. The summed E-state index contributed by atoms with van der Waals surface area (Å²) in [6.07, 6.45) is 1.54. The summed E-state index contributed by atoms with van der Waals surface area (Å²) in [4.78, 5) is 34.2. The normalized spacial score (nSPS) is 16.6. The van der Waals surface area contributed by atoms with E-state index in [1.165, 1.54) is 4.90 Å². The van der Waals surface area contributed by atoms with Crippen molar-refractivity contribution < 1.29 is 41.1 Å². The number of carbonyl (C=O) groups is 2. The Bertz CT molecular complexity index is 813. The number of nitrogens with zero attached hydrogens (tertiary/aromatic N) is 1. The number of carbonyl (C=O) groups excluding carboxylic acids is 2. The van der Waals surface area contributed by atoms with Crippen LogP contribution in [0.2, 0.25) is 0 Å². The van der Waals surface area contributed by atoms with E-state index < -0.39 is 54.8 Å². The second-order valence-electron chi connectivity index (χ2n) is 6.70. The zero-order chi connectivity index (χ0) is 22.4. The lowest BCUT2D eigenvalue weighted by molar-refractivity contribution is -0.130. The van der Waals surface area contributed by atoms with Gasteiger partial charge in [-0.25, -0.2) is 17.6 Å². The SMILES string of the molecule is Nc1c(F)c(F)c(C(=O)NCCCCCC(=O)N2CC[C@@H](O[P+](=O)O)C2)c(F)c1F. The molecule has 8 nitrogen and oxygen atoms in total. The van der Waals surface area contributed by atoms with Crippen molar-refractivity contribution in [2.45, 2.75) is 38.2 Å². The molecule has 1 aliphatic heterocycles. The number of unbranched alkanes of at least 4 members (excludes halogenated alkanes) is 2. The third-order valence-corrected chi connectivity index (χ3v) is 5.09. The van der Waals surface area contributed by atoms with Gasteiger partial charge in [0.25, 0.3) is 5.91 Å². The van der Waals surface area contributed by atoms with Gasteiger partial charge in [-0.05, 0) is 19.3 Å². The second-order valence-corrected chi connectivity index (χ2v) is 7.39. The van der Waals surface area contributed by atoms with Crippen LogP contribution in [0.4, 0.5) is 23.2 Å². The van der Waals surface area contributed by atoms with Gasteiger partial charge in [0.2, 0.25) is 5.91 Å². The van der Waals surface area contributed by atoms with Crippen LogP contribution in [0.25, 0.3) is 0 Å². The van der Waals surface area contributed by atoms with Crippen molar-refractivity contribution in [2.75, 3.05) is 25.4 Å². The van der Waals surface area contributed by atoms with Gasteiger partial charge in [0.05, 0.1) is 6.54 Å². The molecule has 2 atom stereocenters. The molecule has 1 aliphatic rings. The molecule has 0 saturated carbocycles. The number of anilines is 1. The topological polar surface area (TPSA) is 122 Å². The lowest BCUT2D eigenvalue weighted by Crippen LogP contribution is -2.29. The largest absolute Gasteiger partial charge is 0.695 e. The number of nitrogen functional groups attached to an aromatic ring is 1. The molecule has 1 aromatic carbocycles. The fourth-order valence-electron chi connectivity index (χ4n) is 3.04. The molecule has 1 aromatic rings. The van der Waals surface area contributed by atoms with Gasteiger partial charge in [-0.2, -0.15) is 0 Å². The van der Waals surface area contributed by atoms with Crippen LogP contribution < -0.4 is 11.1 Å². The summed E-state index contributed by atoms with van der Waals surface area (Å²) < 4.78 is 69.7. The lowest BCUT2D eigenvalue weighted by atomic mass is 10.1. The maximum absolute atomic E-state index is 13.7. The number of hydrogen-bond acceptors (Lipinski definition) is 5. The smallest absolute Gasteiger partial charge is 0.394 e. The Morgan fingerprint density at radius 2 is 1.77 bits per heavy atom. The van der Waals surface area contributed by atoms with Crippen LogP contribution in [-0.2, 0) is 13.9 Å². The maximum atomic E-state index is 13.7. The highest BCUT2D eigenvalue weighted by Gasteiger charge is 2.32. The minimum Gasteiger partial charge on any atom is -0.394 e. The molecule has 0 bridgehead atoms. The van der Waals surface area contributed by atoms with E-state index >= 15 is 0 Å². The number of amides is 2. The van der Waals surface area contributed by atoms with E-state index in [-0.39, 0.29) is 25.4 Å². The summed E-state index contributed by atoms with van der Waals surface area (Å²) in [6, 6.07) is 0. The summed E-state index contributed by atoms with van der Waals surface area (Å²) in [5, 5.41) is 2.17. The highest BCUT2D eigenvalue weighted by molar-refractivity contribution is 7.32. The van der Waals surface area contributed by atoms with Crippen LogP contribution in [0.5, 0.6) is 0 Å². The van der Waals surface area contributed by atoms with Crippen molar-refractivity contribution in [3.05, 3.63) is 28.8 Å². The summed E-state index contributed by atoms with van der Waals surface area (Å²) in [5.41, 5.74) is 2.16. The first kappa shape index (κ1) is 24.0. The van der Waals surface area contributed by atoms with Gasteiger partial charge in [-0.3, -0.25) is 9.59 Å². The summed E-state index contributed by atoms with van der Waals surface area (Å²) in [5.74, 6) is -8.86. The number of hydrogen-bond donors (Lipinski definition) is 3. The van der Waals surface area contributed by atoms with E-state index in [4.69, 9.17) is 15.2 Å². The molecule has 4 N–H and O–H groups in total. The Kier molecular flexibility index (Phi) is 8.51. The van der Waals surface area contributed by atoms with Crippen molar-refractivity contribution in [3.8, 4) is 0 Å². The van der Waals surface area contributed by atoms with E-state index in [0.717, 1.165) is 0 Å². The zero-order valence-corrected chi connectivity index (χ0v) is 16.7. The van der Waals surface area contributed by atoms with E-state index in [0.29, 0.717) is 32.2 Å². The molecule has 1 heterocycles. The first-order valence-corrected chi connectivity index (χ1v) is 10.3. The Morgan fingerprint density at radius 3 is 2.37 bits per heavy atom. The fraction of sp³-hybridized carbons (Fsp3) is 0.529. The van der Waals surface area contributed by atoms with E-state index in [9.17, 15) is 31.7 Å². The van der Waals surface area contributed by atoms with Gasteiger partial charge in [-0.15, -0.1) is 9.42 Å².